The molecule has 0 aliphatic rings. The van der Waals surface area contributed by atoms with Crippen molar-refractivity contribution in [3.8, 4) is 0 Å². The van der Waals surface area contributed by atoms with Crippen LogP contribution in [0.5, 0.6) is 0 Å². The summed E-state index contributed by atoms with van der Waals surface area (Å²) in [6.07, 6.45) is 0. The minimum Gasteiger partial charge on any atom is -0.481 e. The molecule has 0 radical (unpaired) electrons. The van der Waals surface area contributed by atoms with Crippen LogP contribution in [0.2, 0.25) is 0 Å². The van der Waals surface area contributed by atoms with E-state index in [-0.39, 0.29) is 0 Å². The van der Waals surface area contributed by atoms with E-state index in [0.717, 1.165) is 3.79 Å². The van der Waals surface area contributed by atoms with Crippen molar-refractivity contribution in [1.82, 2.24) is 5.32 Å². The van der Waals surface area contributed by atoms with E-state index >= 15 is 0 Å². The van der Waals surface area contributed by atoms with Gasteiger partial charge in [0.2, 0.25) is 0 Å². The quantitative estimate of drug-likeness (QED) is 0.873. The van der Waals surface area contributed by atoms with Crippen LogP contribution >= 0.6 is 27.3 Å². The zero-order valence-electron chi connectivity index (χ0n) is 10.5. The van der Waals surface area contributed by atoms with E-state index in [1.807, 2.05) is 26.0 Å². The Bertz CT molecular complexity index is 412. The molecule has 3 nitrogen and oxygen atoms in total. The number of hydrogen-bond donors (Lipinski definition) is 2. The van der Waals surface area contributed by atoms with Crippen molar-refractivity contribution in [2.75, 3.05) is 0 Å². The van der Waals surface area contributed by atoms with Crippen molar-refractivity contribution in [2.45, 2.75) is 39.8 Å². The molecular weight excluding hydrogens is 302 g/mol. The van der Waals surface area contributed by atoms with Gasteiger partial charge in [-0.15, -0.1) is 11.3 Å². The Morgan fingerprint density at radius 3 is 2.41 bits per heavy atom. The molecule has 1 rings (SSSR count). The van der Waals surface area contributed by atoms with Crippen molar-refractivity contribution >= 4 is 33.2 Å². The number of carboxylic acid groups (broad SMARTS) is 1. The van der Waals surface area contributed by atoms with Crippen LogP contribution < -0.4 is 5.32 Å². The zero-order chi connectivity index (χ0) is 13.3. The van der Waals surface area contributed by atoms with Crippen molar-refractivity contribution < 1.29 is 9.90 Å². The molecule has 0 spiro atoms. The fourth-order valence-corrected chi connectivity index (χ4v) is 2.67. The molecule has 1 aromatic rings. The fraction of sp³-hybridized carbons (Fsp3) is 0.583. The molecule has 0 saturated heterocycles. The van der Waals surface area contributed by atoms with E-state index in [4.69, 9.17) is 0 Å². The molecule has 1 heterocycles. The predicted molar refractivity (Wildman–Crippen MR) is 74.4 cm³/mol. The second-order valence-corrected chi connectivity index (χ2v) is 7.66. The van der Waals surface area contributed by atoms with Gasteiger partial charge in [-0.25, -0.2) is 0 Å². The van der Waals surface area contributed by atoms with Gasteiger partial charge < -0.3 is 10.4 Å². The number of aliphatic carboxylic acids is 1. The molecule has 1 aromatic heterocycles. The third-order valence-corrected chi connectivity index (χ3v) is 5.05. The van der Waals surface area contributed by atoms with Crippen LogP contribution in [-0.2, 0) is 11.3 Å². The van der Waals surface area contributed by atoms with Crippen LogP contribution in [0.15, 0.2) is 15.9 Å². The van der Waals surface area contributed by atoms with E-state index in [2.05, 4.69) is 21.2 Å². The summed E-state index contributed by atoms with van der Waals surface area (Å²) in [6.45, 7) is 8.01. The normalized spacial score (nSPS) is 12.8. The number of rotatable bonds is 5. The smallest absolute Gasteiger partial charge is 0.310 e. The van der Waals surface area contributed by atoms with Crippen LogP contribution in [0, 0.1) is 5.41 Å². The number of halogens is 1. The molecule has 5 heteroatoms. The van der Waals surface area contributed by atoms with Crippen molar-refractivity contribution in [2.24, 2.45) is 5.41 Å². The Balaban J connectivity index is 2.70. The Labute approximate surface area is 114 Å². The lowest BCUT2D eigenvalue weighted by molar-refractivity contribution is -0.151. The highest BCUT2D eigenvalue weighted by Crippen LogP contribution is 2.31. The largest absolute Gasteiger partial charge is 0.481 e. The molecule has 96 valence electrons. The summed E-state index contributed by atoms with van der Waals surface area (Å²) in [6, 6.07) is 4.03. The lowest BCUT2D eigenvalue weighted by atomic mass is 9.74. The Hall–Kier alpha value is -0.390. The summed E-state index contributed by atoms with van der Waals surface area (Å²) in [4.78, 5) is 12.4. The average molecular weight is 320 g/mol. The molecule has 0 amide bonds. The summed E-state index contributed by atoms with van der Waals surface area (Å²) in [7, 11) is 0. The Kier molecular flexibility index (Phi) is 4.38. The van der Waals surface area contributed by atoms with Crippen LogP contribution in [0.1, 0.15) is 32.6 Å². The lowest BCUT2D eigenvalue weighted by Gasteiger charge is -2.39. The van der Waals surface area contributed by atoms with Gasteiger partial charge in [0, 0.05) is 17.0 Å². The molecule has 17 heavy (non-hydrogen) atoms. The molecule has 0 aliphatic carbocycles. The van der Waals surface area contributed by atoms with E-state index in [9.17, 15) is 9.90 Å². The Morgan fingerprint density at radius 1 is 1.41 bits per heavy atom. The highest BCUT2D eigenvalue weighted by molar-refractivity contribution is 9.11. The molecule has 0 atom stereocenters. The second kappa shape index (κ2) is 5.08. The van der Waals surface area contributed by atoms with E-state index < -0.39 is 16.9 Å². The van der Waals surface area contributed by atoms with Gasteiger partial charge >= 0.3 is 5.97 Å². The fourth-order valence-electron chi connectivity index (χ4n) is 1.24. The van der Waals surface area contributed by atoms with Gasteiger partial charge in [-0.05, 0) is 55.8 Å². The van der Waals surface area contributed by atoms with Crippen molar-refractivity contribution in [3.05, 3.63) is 20.8 Å². The highest BCUT2D eigenvalue weighted by Gasteiger charge is 2.42. The van der Waals surface area contributed by atoms with Gasteiger partial charge in [-0.2, -0.15) is 0 Å². The van der Waals surface area contributed by atoms with E-state index in [1.54, 1.807) is 25.2 Å². The number of thiophene rings is 1. The zero-order valence-corrected chi connectivity index (χ0v) is 12.9. The Morgan fingerprint density at radius 2 is 2.00 bits per heavy atom. The van der Waals surface area contributed by atoms with Crippen LogP contribution in [0.3, 0.4) is 0 Å². The van der Waals surface area contributed by atoms with Crippen LogP contribution in [0.25, 0.3) is 0 Å². The summed E-state index contributed by atoms with van der Waals surface area (Å²) < 4.78 is 1.09. The SMILES string of the molecule is CC(C)(NCc1ccc(Br)s1)C(C)(C)C(=O)O. The first-order chi connectivity index (χ1) is 7.67. The first-order valence-corrected chi connectivity index (χ1v) is 7.00. The molecule has 0 unspecified atom stereocenters. The molecular formula is C12H18BrNO2S. The third-order valence-electron chi connectivity index (χ3n) is 3.43. The molecule has 0 saturated carbocycles. The molecule has 0 fully saturated rings. The number of carbonyl (C=O) groups is 1. The van der Waals surface area contributed by atoms with Gasteiger partial charge in [0.1, 0.15) is 0 Å². The first-order valence-electron chi connectivity index (χ1n) is 5.39. The second-order valence-electron chi connectivity index (χ2n) is 5.11. The van der Waals surface area contributed by atoms with Crippen LogP contribution in [-0.4, -0.2) is 16.6 Å². The predicted octanol–water partition coefficient (Wildman–Crippen LogP) is 3.49. The maximum Gasteiger partial charge on any atom is 0.310 e. The number of nitrogens with one attached hydrogen (secondary N) is 1. The van der Waals surface area contributed by atoms with Crippen molar-refractivity contribution in [1.29, 1.82) is 0 Å². The van der Waals surface area contributed by atoms with Crippen molar-refractivity contribution in [3.63, 3.8) is 0 Å². The van der Waals surface area contributed by atoms with Gasteiger partial charge in [0.05, 0.1) is 9.20 Å². The summed E-state index contributed by atoms with van der Waals surface area (Å²) in [5, 5.41) is 12.6. The average Bonchev–Trinajstić information content (AvgIpc) is 2.61. The maximum atomic E-state index is 11.2. The van der Waals surface area contributed by atoms with Gasteiger partial charge in [-0.1, -0.05) is 0 Å². The monoisotopic (exact) mass is 319 g/mol. The topological polar surface area (TPSA) is 49.3 Å². The standard InChI is InChI=1S/C12H18BrNO2S/c1-11(2,10(15)16)12(3,4)14-7-8-5-6-9(13)17-8/h5-6,14H,7H2,1-4H3,(H,15,16). The number of hydrogen-bond acceptors (Lipinski definition) is 3. The number of carboxylic acids is 1. The third kappa shape index (κ3) is 3.30. The minimum absolute atomic E-state index is 0.477. The molecule has 0 aliphatic heterocycles. The summed E-state index contributed by atoms with van der Waals surface area (Å²) in [5.74, 6) is -0.789. The maximum absolute atomic E-state index is 11.2. The van der Waals surface area contributed by atoms with Crippen LogP contribution in [0.4, 0.5) is 0 Å². The van der Waals surface area contributed by atoms with Gasteiger partial charge in [-0.3, -0.25) is 4.79 Å². The molecule has 0 bridgehead atoms. The van der Waals surface area contributed by atoms with E-state index in [0.29, 0.717) is 6.54 Å². The van der Waals surface area contributed by atoms with Gasteiger partial charge in [0.15, 0.2) is 0 Å². The molecule has 0 aromatic carbocycles. The van der Waals surface area contributed by atoms with E-state index in [1.165, 1.54) is 4.88 Å². The highest BCUT2D eigenvalue weighted by atomic mass is 79.9. The minimum atomic E-state index is -0.818. The van der Waals surface area contributed by atoms with Gasteiger partial charge in [0.25, 0.3) is 0 Å². The lowest BCUT2D eigenvalue weighted by Crippen LogP contribution is -2.54. The summed E-state index contributed by atoms with van der Waals surface area (Å²) >= 11 is 5.07. The summed E-state index contributed by atoms with van der Waals surface area (Å²) in [5.41, 5.74) is -1.29. The first kappa shape index (κ1) is 14.7. The molecule has 2 N–H and O–H groups in total.